The molecular formula is C18H24ClNO3. The number of benzene rings is 1. The molecule has 0 aliphatic heterocycles. The zero-order chi connectivity index (χ0) is 16.7. The fourth-order valence-corrected chi connectivity index (χ4v) is 2.43. The lowest BCUT2D eigenvalue weighted by molar-refractivity contribution is 0.0770. The van der Waals surface area contributed by atoms with Gasteiger partial charge >= 0.3 is 0 Å². The second-order valence-corrected chi connectivity index (χ2v) is 5.97. The van der Waals surface area contributed by atoms with Crippen LogP contribution in [0.1, 0.15) is 26.0 Å². The molecule has 2 rings (SSSR count). The number of hydrogen-bond donors (Lipinski definition) is 1. The Morgan fingerprint density at radius 1 is 1.22 bits per heavy atom. The van der Waals surface area contributed by atoms with Crippen LogP contribution in [-0.2, 0) is 11.3 Å². The van der Waals surface area contributed by atoms with E-state index in [0.29, 0.717) is 23.4 Å². The number of rotatable bonds is 9. The summed E-state index contributed by atoms with van der Waals surface area (Å²) in [5.74, 6) is 2.36. The molecule has 0 fully saturated rings. The highest BCUT2D eigenvalue weighted by atomic mass is 35.5. The van der Waals surface area contributed by atoms with Gasteiger partial charge in [0, 0.05) is 12.2 Å². The molecule has 2 aromatic rings. The predicted octanol–water partition coefficient (Wildman–Crippen LogP) is 4.51. The summed E-state index contributed by atoms with van der Waals surface area (Å²) >= 11 is 6.15. The van der Waals surface area contributed by atoms with Crippen molar-refractivity contribution in [1.29, 1.82) is 0 Å². The number of furan rings is 1. The van der Waals surface area contributed by atoms with Crippen molar-refractivity contribution in [3.63, 3.8) is 0 Å². The van der Waals surface area contributed by atoms with E-state index in [1.165, 1.54) is 0 Å². The normalized spacial score (nSPS) is 11.2. The molecule has 1 aromatic carbocycles. The average molecular weight is 338 g/mol. The largest absolute Gasteiger partial charge is 0.495 e. The SMILES string of the molecule is COc1ccc(-c2ccc(CNCCCOC(C)C)o2)cc1Cl. The molecule has 23 heavy (non-hydrogen) atoms. The van der Waals surface area contributed by atoms with Crippen molar-refractivity contribution in [3.05, 3.63) is 41.1 Å². The van der Waals surface area contributed by atoms with E-state index in [4.69, 9.17) is 25.5 Å². The van der Waals surface area contributed by atoms with Crippen LogP contribution in [-0.4, -0.2) is 26.4 Å². The van der Waals surface area contributed by atoms with E-state index in [1.807, 2.05) is 44.2 Å². The first-order chi connectivity index (χ1) is 11.1. The summed E-state index contributed by atoms with van der Waals surface area (Å²) in [6.07, 6.45) is 1.28. The van der Waals surface area contributed by atoms with Gasteiger partial charge < -0.3 is 19.2 Å². The Morgan fingerprint density at radius 3 is 2.74 bits per heavy atom. The predicted molar refractivity (Wildman–Crippen MR) is 93.1 cm³/mol. The van der Waals surface area contributed by atoms with Gasteiger partial charge in [-0.1, -0.05) is 11.6 Å². The topological polar surface area (TPSA) is 43.6 Å². The van der Waals surface area contributed by atoms with Crippen molar-refractivity contribution < 1.29 is 13.9 Å². The van der Waals surface area contributed by atoms with E-state index in [-0.39, 0.29) is 0 Å². The van der Waals surface area contributed by atoms with Crippen LogP contribution >= 0.6 is 11.6 Å². The Bertz CT molecular complexity index is 610. The molecular weight excluding hydrogens is 314 g/mol. The van der Waals surface area contributed by atoms with E-state index in [9.17, 15) is 0 Å². The standard InChI is InChI=1S/C18H24ClNO3/c1-13(2)22-10-4-9-20-12-15-6-8-17(23-15)14-5-7-18(21-3)16(19)11-14/h5-8,11,13,20H,4,9-10,12H2,1-3H3. The summed E-state index contributed by atoms with van der Waals surface area (Å²) in [4.78, 5) is 0. The first-order valence-electron chi connectivity index (χ1n) is 7.85. The quantitative estimate of drug-likeness (QED) is 0.683. The molecule has 0 unspecified atom stereocenters. The highest BCUT2D eigenvalue weighted by Crippen LogP contribution is 2.31. The maximum atomic E-state index is 6.15. The minimum absolute atomic E-state index is 0.291. The summed E-state index contributed by atoms with van der Waals surface area (Å²) in [6.45, 7) is 6.47. The van der Waals surface area contributed by atoms with Crippen molar-refractivity contribution in [2.24, 2.45) is 0 Å². The third kappa shape index (κ3) is 5.57. The molecule has 0 atom stereocenters. The van der Waals surface area contributed by atoms with Gasteiger partial charge in [0.1, 0.15) is 17.3 Å². The summed E-state index contributed by atoms with van der Waals surface area (Å²) in [6, 6.07) is 9.55. The van der Waals surface area contributed by atoms with Gasteiger partial charge in [0.15, 0.2) is 0 Å². The van der Waals surface area contributed by atoms with Crippen molar-refractivity contribution in [2.45, 2.75) is 32.9 Å². The molecule has 5 heteroatoms. The fourth-order valence-electron chi connectivity index (χ4n) is 2.18. The lowest BCUT2D eigenvalue weighted by atomic mass is 10.2. The molecule has 1 N–H and O–H groups in total. The van der Waals surface area contributed by atoms with Crippen LogP contribution in [0, 0.1) is 0 Å². The number of hydrogen-bond acceptors (Lipinski definition) is 4. The molecule has 4 nitrogen and oxygen atoms in total. The van der Waals surface area contributed by atoms with E-state index in [0.717, 1.165) is 36.7 Å². The second kappa shape index (κ2) is 8.96. The lowest BCUT2D eigenvalue weighted by Crippen LogP contribution is -2.17. The summed E-state index contributed by atoms with van der Waals surface area (Å²) in [7, 11) is 1.60. The van der Waals surface area contributed by atoms with E-state index >= 15 is 0 Å². The zero-order valence-corrected chi connectivity index (χ0v) is 14.7. The van der Waals surface area contributed by atoms with E-state index in [1.54, 1.807) is 7.11 Å². The van der Waals surface area contributed by atoms with Crippen LogP contribution in [0.3, 0.4) is 0 Å². The van der Waals surface area contributed by atoms with Crippen LogP contribution < -0.4 is 10.1 Å². The van der Waals surface area contributed by atoms with Crippen LogP contribution in [0.5, 0.6) is 5.75 Å². The number of ether oxygens (including phenoxy) is 2. The Labute approximate surface area is 142 Å². The Morgan fingerprint density at radius 2 is 2.04 bits per heavy atom. The maximum Gasteiger partial charge on any atom is 0.137 e. The highest BCUT2D eigenvalue weighted by molar-refractivity contribution is 6.32. The van der Waals surface area contributed by atoms with Crippen LogP contribution in [0.25, 0.3) is 11.3 Å². The van der Waals surface area contributed by atoms with Crippen molar-refractivity contribution in [2.75, 3.05) is 20.3 Å². The first kappa shape index (κ1) is 17.9. The molecule has 0 saturated heterocycles. The average Bonchev–Trinajstić information content (AvgIpc) is 2.99. The van der Waals surface area contributed by atoms with Crippen LogP contribution in [0.4, 0.5) is 0 Å². The Hall–Kier alpha value is -1.49. The van der Waals surface area contributed by atoms with Gasteiger partial charge in [0.25, 0.3) is 0 Å². The van der Waals surface area contributed by atoms with Crippen molar-refractivity contribution >= 4 is 11.6 Å². The number of methoxy groups -OCH3 is 1. The van der Waals surface area contributed by atoms with Gasteiger partial charge in [-0.25, -0.2) is 0 Å². The fraction of sp³-hybridized carbons (Fsp3) is 0.444. The molecule has 0 amide bonds. The van der Waals surface area contributed by atoms with Gasteiger partial charge in [0.05, 0.1) is 24.8 Å². The second-order valence-electron chi connectivity index (χ2n) is 5.57. The molecule has 126 valence electrons. The Balaban J connectivity index is 1.82. The number of halogens is 1. The molecule has 1 heterocycles. The van der Waals surface area contributed by atoms with Gasteiger partial charge in [-0.05, 0) is 57.1 Å². The smallest absolute Gasteiger partial charge is 0.137 e. The summed E-state index contributed by atoms with van der Waals surface area (Å²) < 4.78 is 16.5. The zero-order valence-electron chi connectivity index (χ0n) is 13.9. The van der Waals surface area contributed by atoms with Crippen molar-refractivity contribution in [1.82, 2.24) is 5.32 Å². The first-order valence-corrected chi connectivity index (χ1v) is 8.23. The molecule has 0 saturated carbocycles. The highest BCUT2D eigenvalue weighted by Gasteiger charge is 2.08. The van der Waals surface area contributed by atoms with Gasteiger partial charge in [-0.2, -0.15) is 0 Å². The molecule has 0 aliphatic carbocycles. The summed E-state index contributed by atoms with van der Waals surface area (Å²) in [5.41, 5.74) is 0.937. The monoisotopic (exact) mass is 337 g/mol. The molecule has 0 radical (unpaired) electrons. The van der Waals surface area contributed by atoms with Gasteiger partial charge in [-0.3, -0.25) is 0 Å². The van der Waals surface area contributed by atoms with Gasteiger partial charge in [0.2, 0.25) is 0 Å². The van der Waals surface area contributed by atoms with Crippen LogP contribution in [0.15, 0.2) is 34.7 Å². The van der Waals surface area contributed by atoms with Crippen LogP contribution in [0.2, 0.25) is 5.02 Å². The Kier molecular flexibility index (Phi) is 6.96. The minimum atomic E-state index is 0.291. The third-order valence-electron chi connectivity index (χ3n) is 3.35. The molecule has 0 spiro atoms. The van der Waals surface area contributed by atoms with Gasteiger partial charge in [-0.15, -0.1) is 0 Å². The molecule has 0 bridgehead atoms. The number of nitrogens with one attached hydrogen (secondary N) is 1. The maximum absolute atomic E-state index is 6.15. The minimum Gasteiger partial charge on any atom is -0.495 e. The lowest BCUT2D eigenvalue weighted by Gasteiger charge is -2.07. The molecule has 1 aromatic heterocycles. The van der Waals surface area contributed by atoms with Crippen molar-refractivity contribution in [3.8, 4) is 17.1 Å². The van der Waals surface area contributed by atoms with E-state index in [2.05, 4.69) is 5.32 Å². The summed E-state index contributed by atoms with van der Waals surface area (Å²) in [5, 5.41) is 3.93. The third-order valence-corrected chi connectivity index (χ3v) is 3.64. The van der Waals surface area contributed by atoms with E-state index < -0.39 is 0 Å². The molecule has 0 aliphatic rings.